The van der Waals surface area contributed by atoms with Crippen LogP contribution in [0.15, 0.2) is 59.5 Å². The van der Waals surface area contributed by atoms with Crippen LogP contribution in [0.2, 0.25) is 0 Å². The molecular formula is C22H28N2O2S. The van der Waals surface area contributed by atoms with Crippen LogP contribution in [0.4, 0.5) is 0 Å². The van der Waals surface area contributed by atoms with Crippen LogP contribution in [0.1, 0.15) is 30.9 Å². The lowest BCUT2D eigenvalue weighted by atomic mass is 9.80. The number of nitrogens with zero attached hydrogens (tertiary/aromatic N) is 2. The van der Waals surface area contributed by atoms with Gasteiger partial charge in [0.2, 0.25) is 0 Å². The van der Waals surface area contributed by atoms with Crippen molar-refractivity contribution in [3.05, 3.63) is 65.7 Å². The van der Waals surface area contributed by atoms with Gasteiger partial charge in [0.15, 0.2) is 15.3 Å². The summed E-state index contributed by atoms with van der Waals surface area (Å²) in [6.07, 6.45) is 3.16. The van der Waals surface area contributed by atoms with Crippen molar-refractivity contribution in [3.8, 4) is 0 Å². The van der Waals surface area contributed by atoms with Crippen LogP contribution in [-0.4, -0.2) is 39.9 Å². The lowest BCUT2D eigenvalue weighted by Gasteiger charge is -2.34. The Morgan fingerprint density at radius 2 is 1.74 bits per heavy atom. The first-order valence-electron chi connectivity index (χ1n) is 9.87. The van der Waals surface area contributed by atoms with E-state index in [1.165, 1.54) is 5.56 Å². The molecule has 144 valence electrons. The van der Waals surface area contributed by atoms with Gasteiger partial charge in [-0.05, 0) is 55.6 Å². The first-order chi connectivity index (χ1) is 13.0. The van der Waals surface area contributed by atoms with Crippen molar-refractivity contribution >= 4 is 10.4 Å². The molecule has 2 atom stereocenters. The summed E-state index contributed by atoms with van der Waals surface area (Å²) in [6, 6.07) is 17.2. The van der Waals surface area contributed by atoms with Crippen LogP contribution in [0, 0.1) is 5.41 Å². The molecule has 27 heavy (non-hydrogen) atoms. The van der Waals surface area contributed by atoms with Crippen LogP contribution >= 0.6 is 0 Å². The summed E-state index contributed by atoms with van der Waals surface area (Å²) >= 11 is 0. The predicted molar refractivity (Wildman–Crippen MR) is 108 cm³/mol. The highest BCUT2D eigenvalue weighted by Gasteiger charge is 2.46. The smallest absolute Gasteiger partial charge is 0.175 e. The minimum absolute atomic E-state index is 0.00359. The van der Waals surface area contributed by atoms with Crippen molar-refractivity contribution in [3.63, 3.8) is 0 Å². The molecule has 0 radical (unpaired) electrons. The van der Waals surface area contributed by atoms with Gasteiger partial charge in [0.1, 0.15) is 0 Å². The summed E-state index contributed by atoms with van der Waals surface area (Å²) in [6.45, 7) is 6.40. The standard InChI is InChI=1S/C22H28N2O2S/c1-2-13-23-14-12-22(17-23)15-19-8-6-7-9-20(19)16-24(18-22)27(25,26)21-10-4-3-5-11-21/h3-11H,2,12-18H2,1H3. The molecule has 0 aromatic heterocycles. The summed E-state index contributed by atoms with van der Waals surface area (Å²) in [5, 5.41) is 0. The van der Waals surface area contributed by atoms with Crippen molar-refractivity contribution in [2.75, 3.05) is 26.2 Å². The first kappa shape index (κ1) is 18.8. The maximum absolute atomic E-state index is 13.4. The number of hydrogen-bond acceptors (Lipinski definition) is 3. The highest BCUT2D eigenvalue weighted by Crippen LogP contribution is 2.41. The van der Waals surface area contributed by atoms with E-state index >= 15 is 0 Å². The number of hydrogen-bond donors (Lipinski definition) is 0. The zero-order valence-corrected chi connectivity index (χ0v) is 16.8. The molecule has 0 amide bonds. The largest absolute Gasteiger partial charge is 0.593 e. The van der Waals surface area contributed by atoms with Gasteiger partial charge in [-0.25, -0.2) is 0 Å². The molecule has 1 saturated heterocycles. The molecule has 4 rings (SSSR count). The van der Waals surface area contributed by atoms with E-state index in [0.717, 1.165) is 44.5 Å². The molecule has 4 nitrogen and oxygen atoms in total. The fraction of sp³-hybridized carbons (Fsp3) is 0.455. The van der Waals surface area contributed by atoms with Gasteiger partial charge in [-0.15, -0.1) is 4.31 Å². The Balaban J connectivity index is 1.71. The third-order valence-electron chi connectivity index (χ3n) is 5.98. The first-order valence-corrected chi connectivity index (χ1v) is 11.3. The topological polar surface area (TPSA) is 46.6 Å². The second-order valence-electron chi connectivity index (χ2n) is 8.06. The van der Waals surface area contributed by atoms with E-state index in [2.05, 4.69) is 30.0 Å². The summed E-state index contributed by atoms with van der Waals surface area (Å²) in [7, 11) is -3.51. The maximum atomic E-state index is 13.4. The molecule has 2 aliphatic heterocycles. The molecular weight excluding hydrogens is 356 g/mol. The van der Waals surface area contributed by atoms with Crippen LogP contribution in [0.25, 0.3) is 0 Å². The summed E-state index contributed by atoms with van der Waals surface area (Å²) in [4.78, 5) is 2.89. The molecule has 2 unspecified atom stereocenters. The number of fused-ring (bicyclic) bond motifs is 1. The molecule has 0 N–H and O–H groups in total. The highest BCUT2D eigenvalue weighted by molar-refractivity contribution is 7.95. The molecule has 0 aliphatic carbocycles. The quantitative estimate of drug-likeness (QED) is 0.754. The molecule has 2 aromatic carbocycles. The summed E-state index contributed by atoms with van der Waals surface area (Å²) in [5.74, 6) is 0. The average molecular weight is 385 g/mol. The average Bonchev–Trinajstić information content (AvgIpc) is 2.97. The summed E-state index contributed by atoms with van der Waals surface area (Å²) < 4.78 is 28.5. The molecule has 5 heteroatoms. The van der Waals surface area contributed by atoms with Gasteiger partial charge in [0.25, 0.3) is 0 Å². The minimum atomic E-state index is -3.51. The van der Waals surface area contributed by atoms with E-state index < -0.39 is 10.4 Å². The van der Waals surface area contributed by atoms with Gasteiger partial charge in [0, 0.05) is 12.0 Å². The van der Waals surface area contributed by atoms with Crippen LogP contribution in [-0.2, 0) is 27.6 Å². The number of sulfonamides is 1. The molecule has 1 spiro atoms. The molecule has 0 saturated carbocycles. The molecule has 1 fully saturated rings. The van der Waals surface area contributed by atoms with Crippen molar-refractivity contribution in [1.82, 2.24) is 9.21 Å². The molecule has 2 aliphatic rings. The van der Waals surface area contributed by atoms with Crippen molar-refractivity contribution < 1.29 is 8.76 Å². The Bertz CT molecular complexity index is 841. The number of benzene rings is 2. The fourth-order valence-electron chi connectivity index (χ4n) is 4.68. The van der Waals surface area contributed by atoms with E-state index in [-0.39, 0.29) is 5.41 Å². The Labute approximate surface area is 163 Å². The molecule has 2 heterocycles. The minimum Gasteiger partial charge on any atom is -0.593 e. The SMILES string of the molecule is CCCN1CCC2(Cc3ccccc3CN([S+](=O)([O-])c3ccccc3)C2)C1. The van der Waals surface area contributed by atoms with Crippen molar-refractivity contribution in [2.24, 2.45) is 5.41 Å². The molecule has 2 aromatic rings. The van der Waals surface area contributed by atoms with E-state index in [1.54, 1.807) is 28.6 Å². The zero-order valence-electron chi connectivity index (χ0n) is 16.0. The van der Waals surface area contributed by atoms with Gasteiger partial charge in [0.05, 0.1) is 13.1 Å². The third kappa shape index (κ3) is 3.74. The Morgan fingerprint density at radius 3 is 2.48 bits per heavy atom. The summed E-state index contributed by atoms with van der Waals surface area (Å²) in [5.41, 5.74) is 2.45. The molecule has 0 bridgehead atoms. The van der Waals surface area contributed by atoms with Gasteiger partial charge >= 0.3 is 0 Å². The number of rotatable bonds is 4. The Kier molecular flexibility index (Phi) is 5.21. The predicted octanol–water partition coefficient (Wildman–Crippen LogP) is 3.75. The normalized spacial score (nSPS) is 25.9. The fourth-order valence-corrected chi connectivity index (χ4v) is 6.24. The van der Waals surface area contributed by atoms with E-state index in [4.69, 9.17) is 0 Å². The van der Waals surface area contributed by atoms with Gasteiger partial charge in [-0.1, -0.05) is 53.6 Å². The van der Waals surface area contributed by atoms with Crippen molar-refractivity contribution in [1.29, 1.82) is 0 Å². The van der Waals surface area contributed by atoms with E-state index in [9.17, 15) is 8.76 Å². The van der Waals surface area contributed by atoms with Crippen LogP contribution < -0.4 is 0 Å². The van der Waals surface area contributed by atoms with E-state index in [0.29, 0.717) is 18.0 Å². The third-order valence-corrected chi connectivity index (χ3v) is 7.79. The van der Waals surface area contributed by atoms with Crippen LogP contribution in [0.3, 0.4) is 0 Å². The van der Waals surface area contributed by atoms with Gasteiger partial charge < -0.3 is 9.45 Å². The Morgan fingerprint density at radius 1 is 1.04 bits per heavy atom. The van der Waals surface area contributed by atoms with Crippen LogP contribution in [0.5, 0.6) is 0 Å². The zero-order chi connectivity index (χ0) is 18.9. The second kappa shape index (κ2) is 7.47. The lowest BCUT2D eigenvalue weighted by molar-refractivity contribution is 0.201. The van der Waals surface area contributed by atoms with Crippen molar-refractivity contribution in [2.45, 2.75) is 37.6 Å². The maximum Gasteiger partial charge on any atom is 0.175 e. The number of likely N-dealkylation sites (tertiary alicyclic amines) is 1. The van der Waals surface area contributed by atoms with E-state index in [1.807, 2.05) is 12.1 Å². The lowest BCUT2D eigenvalue weighted by Crippen LogP contribution is -2.44. The second-order valence-corrected chi connectivity index (χ2v) is 10.00. The van der Waals surface area contributed by atoms with Gasteiger partial charge in [-0.2, -0.15) is 0 Å². The Hall–Kier alpha value is -1.53. The van der Waals surface area contributed by atoms with Gasteiger partial charge in [-0.3, -0.25) is 0 Å². The monoisotopic (exact) mass is 384 g/mol. The highest BCUT2D eigenvalue weighted by atomic mass is 32.3.